The van der Waals surface area contributed by atoms with E-state index in [4.69, 9.17) is 5.73 Å². The maximum atomic E-state index is 13.7. The fourth-order valence-corrected chi connectivity index (χ4v) is 2.11. The van der Waals surface area contributed by atoms with Crippen molar-refractivity contribution in [2.45, 2.75) is 38.6 Å². The maximum absolute atomic E-state index is 13.7. The lowest BCUT2D eigenvalue weighted by atomic mass is 9.87. The molecule has 0 unspecified atom stereocenters. The van der Waals surface area contributed by atoms with E-state index in [0.717, 1.165) is 13.0 Å². The highest BCUT2D eigenvalue weighted by Gasteiger charge is 2.26. The minimum absolute atomic E-state index is 0.112. The Kier molecular flexibility index (Phi) is 5.90. The van der Waals surface area contributed by atoms with Gasteiger partial charge >= 0.3 is 11.9 Å². The maximum Gasteiger partial charge on any atom is 0.315 e. The molecule has 0 bridgehead atoms. The van der Waals surface area contributed by atoms with Crippen molar-refractivity contribution in [2.24, 2.45) is 5.73 Å². The lowest BCUT2D eigenvalue weighted by Gasteiger charge is -2.22. The predicted octanol–water partition coefficient (Wildman–Crippen LogP) is 2.40. The van der Waals surface area contributed by atoms with Gasteiger partial charge in [0.15, 0.2) is 11.6 Å². The molecule has 0 heterocycles. The van der Waals surface area contributed by atoms with Crippen molar-refractivity contribution in [1.82, 2.24) is 0 Å². The van der Waals surface area contributed by atoms with Crippen LogP contribution in [0.2, 0.25) is 0 Å². The van der Waals surface area contributed by atoms with Gasteiger partial charge in [0.05, 0.1) is 6.42 Å². The number of carbonyl (C=O) groups is 2. The predicted molar refractivity (Wildman–Crippen MR) is 68.7 cm³/mol. The topological polar surface area (TPSA) is 69.4 Å². The van der Waals surface area contributed by atoms with Crippen LogP contribution < -0.4 is 5.73 Å². The Bertz CT molecular complexity index is 549. The van der Waals surface area contributed by atoms with E-state index in [-0.39, 0.29) is 12.0 Å². The van der Waals surface area contributed by atoms with E-state index < -0.39 is 41.4 Å². The number of rotatable bonds is 5. The van der Waals surface area contributed by atoms with Crippen LogP contribution in [0.25, 0.3) is 0 Å². The minimum Gasteiger partial charge on any atom is -0.393 e. The molecule has 4 nitrogen and oxygen atoms in total. The van der Waals surface area contributed by atoms with Crippen molar-refractivity contribution in [2.75, 3.05) is 0 Å². The van der Waals surface area contributed by atoms with Gasteiger partial charge in [-0.3, -0.25) is 9.59 Å². The largest absolute Gasteiger partial charge is 0.393 e. The van der Waals surface area contributed by atoms with Crippen LogP contribution in [0.4, 0.5) is 13.2 Å². The van der Waals surface area contributed by atoms with Crippen LogP contribution in [0.15, 0.2) is 12.1 Å². The summed E-state index contributed by atoms with van der Waals surface area (Å²) in [6.07, 6.45) is -0.0347. The zero-order chi connectivity index (χ0) is 16.2. The summed E-state index contributed by atoms with van der Waals surface area (Å²) in [5, 5.41) is 0. The standard InChI is InChI=1S/C14H16F3NO3/c1-3-8(13(18)6-14(20)21-7(2)19)9-4-11(16)12(17)5-10(9)15/h4-5,8,13H,3,6,18H2,1-2H3/t8-,13-/m1/s1. The SMILES string of the molecule is CC[C@H](c1cc(F)c(F)cc1F)[C@H](N)CC(=O)OC(C)=O. The first-order chi connectivity index (χ1) is 9.76. The summed E-state index contributed by atoms with van der Waals surface area (Å²) in [5.41, 5.74) is 5.69. The van der Waals surface area contributed by atoms with Gasteiger partial charge in [-0.05, 0) is 18.1 Å². The number of carbonyl (C=O) groups excluding carboxylic acids is 2. The molecule has 21 heavy (non-hydrogen) atoms. The molecule has 0 fully saturated rings. The molecule has 0 aliphatic rings. The number of benzene rings is 1. The van der Waals surface area contributed by atoms with Gasteiger partial charge in [-0.15, -0.1) is 0 Å². The van der Waals surface area contributed by atoms with Gasteiger partial charge in [0.25, 0.3) is 0 Å². The lowest BCUT2D eigenvalue weighted by molar-refractivity contribution is -0.158. The van der Waals surface area contributed by atoms with E-state index in [1.165, 1.54) is 0 Å². The third-order valence-corrected chi connectivity index (χ3v) is 3.06. The fraction of sp³-hybridized carbons (Fsp3) is 0.429. The van der Waals surface area contributed by atoms with Crippen molar-refractivity contribution in [3.8, 4) is 0 Å². The molecule has 0 radical (unpaired) electrons. The van der Waals surface area contributed by atoms with Gasteiger partial charge in [0.2, 0.25) is 0 Å². The summed E-state index contributed by atoms with van der Waals surface area (Å²) in [4.78, 5) is 22.0. The summed E-state index contributed by atoms with van der Waals surface area (Å²) in [5.74, 6) is -5.76. The highest BCUT2D eigenvalue weighted by molar-refractivity contribution is 5.84. The Morgan fingerprint density at radius 2 is 1.76 bits per heavy atom. The van der Waals surface area contributed by atoms with Gasteiger partial charge in [0, 0.05) is 24.9 Å². The monoisotopic (exact) mass is 303 g/mol. The summed E-state index contributed by atoms with van der Waals surface area (Å²) >= 11 is 0. The average Bonchev–Trinajstić information content (AvgIpc) is 2.35. The van der Waals surface area contributed by atoms with E-state index in [1.807, 2.05) is 0 Å². The Morgan fingerprint density at radius 1 is 1.19 bits per heavy atom. The zero-order valence-corrected chi connectivity index (χ0v) is 11.7. The first-order valence-electron chi connectivity index (χ1n) is 6.37. The quantitative estimate of drug-likeness (QED) is 0.515. The number of ether oxygens (including phenoxy) is 1. The van der Waals surface area contributed by atoms with Crippen LogP contribution in [-0.4, -0.2) is 18.0 Å². The highest BCUT2D eigenvalue weighted by atomic mass is 19.2. The molecule has 0 aliphatic carbocycles. The van der Waals surface area contributed by atoms with Gasteiger partial charge in [-0.25, -0.2) is 13.2 Å². The van der Waals surface area contributed by atoms with E-state index in [1.54, 1.807) is 6.92 Å². The van der Waals surface area contributed by atoms with Gasteiger partial charge in [-0.1, -0.05) is 6.92 Å². The molecule has 0 saturated heterocycles. The molecular formula is C14H16F3NO3. The summed E-state index contributed by atoms with van der Waals surface area (Å²) in [6.45, 7) is 2.73. The fourth-order valence-electron chi connectivity index (χ4n) is 2.11. The average molecular weight is 303 g/mol. The molecular weight excluding hydrogens is 287 g/mol. The second-order valence-electron chi connectivity index (χ2n) is 4.64. The third-order valence-electron chi connectivity index (χ3n) is 3.06. The van der Waals surface area contributed by atoms with Crippen LogP contribution in [-0.2, 0) is 14.3 Å². The van der Waals surface area contributed by atoms with Gasteiger partial charge < -0.3 is 10.5 Å². The van der Waals surface area contributed by atoms with E-state index >= 15 is 0 Å². The number of esters is 2. The van der Waals surface area contributed by atoms with Crippen LogP contribution in [0, 0.1) is 17.5 Å². The Balaban J connectivity index is 2.94. The highest BCUT2D eigenvalue weighted by Crippen LogP contribution is 2.28. The van der Waals surface area contributed by atoms with Crippen LogP contribution in [0.1, 0.15) is 38.2 Å². The first kappa shape index (κ1) is 17.2. The van der Waals surface area contributed by atoms with Crippen LogP contribution >= 0.6 is 0 Å². The zero-order valence-electron chi connectivity index (χ0n) is 11.7. The Labute approximate surface area is 120 Å². The van der Waals surface area contributed by atoms with Crippen LogP contribution in [0.3, 0.4) is 0 Å². The molecule has 1 rings (SSSR count). The molecule has 2 atom stereocenters. The van der Waals surface area contributed by atoms with Gasteiger partial charge in [0.1, 0.15) is 5.82 Å². The molecule has 0 aromatic heterocycles. The second kappa shape index (κ2) is 7.21. The third kappa shape index (κ3) is 4.56. The molecule has 0 aliphatic heterocycles. The minimum atomic E-state index is -1.30. The molecule has 0 amide bonds. The number of halogens is 3. The van der Waals surface area contributed by atoms with Crippen molar-refractivity contribution < 1.29 is 27.5 Å². The van der Waals surface area contributed by atoms with Crippen molar-refractivity contribution in [3.05, 3.63) is 35.1 Å². The Morgan fingerprint density at radius 3 is 2.29 bits per heavy atom. The van der Waals surface area contributed by atoms with E-state index in [9.17, 15) is 22.8 Å². The van der Waals surface area contributed by atoms with Crippen molar-refractivity contribution >= 4 is 11.9 Å². The summed E-state index contributed by atoms with van der Waals surface area (Å²) < 4.78 is 44.2. The van der Waals surface area contributed by atoms with Crippen molar-refractivity contribution in [3.63, 3.8) is 0 Å². The molecule has 116 valence electrons. The molecule has 1 aromatic carbocycles. The van der Waals surface area contributed by atoms with E-state index in [2.05, 4.69) is 4.74 Å². The molecule has 1 aromatic rings. The second-order valence-corrected chi connectivity index (χ2v) is 4.64. The molecule has 2 N–H and O–H groups in total. The van der Waals surface area contributed by atoms with Crippen molar-refractivity contribution in [1.29, 1.82) is 0 Å². The number of nitrogens with two attached hydrogens (primary N) is 1. The smallest absolute Gasteiger partial charge is 0.315 e. The number of hydrogen-bond acceptors (Lipinski definition) is 4. The molecule has 0 saturated carbocycles. The summed E-state index contributed by atoms with van der Waals surface area (Å²) in [6, 6.07) is 0.282. The summed E-state index contributed by atoms with van der Waals surface area (Å²) in [7, 11) is 0. The molecule has 7 heteroatoms. The number of hydrogen-bond donors (Lipinski definition) is 1. The van der Waals surface area contributed by atoms with E-state index in [0.29, 0.717) is 12.5 Å². The molecule has 0 spiro atoms. The van der Waals surface area contributed by atoms with Gasteiger partial charge in [-0.2, -0.15) is 0 Å². The van der Waals surface area contributed by atoms with Crippen LogP contribution in [0.5, 0.6) is 0 Å². The normalized spacial score (nSPS) is 13.6. The Hall–Kier alpha value is -1.89. The lowest BCUT2D eigenvalue weighted by Crippen LogP contribution is -2.32. The first-order valence-corrected chi connectivity index (χ1v) is 6.37.